The normalized spacial score (nSPS) is 10.2. The number of hydrogen-bond acceptors (Lipinski definition) is 5. The van der Waals surface area contributed by atoms with Gasteiger partial charge in [0.15, 0.2) is 18.2 Å². The highest BCUT2D eigenvalue weighted by molar-refractivity contribution is 5.90. The minimum atomic E-state index is -0.288. The monoisotopic (exact) mass is 348 g/mol. The number of amides is 1. The highest BCUT2D eigenvalue weighted by Crippen LogP contribution is 2.20. The van der Waals surface area contributed by atoms with Crippen LogP contribution in [0.1, 0.15) is 5.56 Å². The molecular formula is C20H20N4O2. The minimum absolute atomic E-state index is 0.0869. The molecule has 132 valence electrons. The van der Waals surface area contributed by atoms with Crippen LogP contribution in [0.5, 0.6) is 5.75 Å². The fourth-order valence-electron chi connectivity index (χ4n) is 2.32. The molecule has 0 aliphatic heterocycles. The predicted octanol–water partition coefficient (Wildman–Crippen LogP) is 3.57. The molecule has 3 rings (SSSR count). The van der Waals surface area contributed by atoms with Gasteiger partial charge in [-0.15, -0.1) is 10.2 Å². The van der Waals surface area contributed by atoms with Crippen LogP contribution in [0.2, 0.25) is 0 Å². The zero-order chi connectivity index (χ0) is 18.4. The second-order valence-corrected chi connectivity index (χ2v) is 5.82. The minimum Gasteiger partial charge on any atom is -0.484 e. The third kappa shape index (κ3) is 4.57. The van der Waals surface area contributed by atoms with Crippen molar-refractivity contribution in [2.24, 2.45) is 0 Å². The van der Waals surface area contributed by atoms with Gasteiger partial charge in [0.2, 0.25) is 0 Å². The molecule has 1 aromatic heterocycles. The molecule has 0 aliphatic carbocycles. The molecule has 1 N–H and O–H groups in total. The van der Waals surface area contributed by atoms with Gasteiger partial charge >= 0.3 is 0 Å². The molecule has 26 heavy (non-hydrogen) atoms. The lowest BCUT2D eigenvalue weighted by atomic mass is 10.2. The summed E-state index contributed by atoms with van der Waals surface area (Å²) in [4.78, 5) is 13.9. The lowest BCUT2D eigenvalue weighted by molar-refractivity contribution is -0.118. The second-order valence-electron chi connectivity index (χ2n) is 5.82. The number of aryl methyl sites for hydroxylation is 1. The van der Waals surface area contributed by atoms with Crippen LogP contribution >= 0.6 is 0 Å². The van der Waals surface area contributed by atoms with Crippen molar-refractivity contribution in [3.8, 4) is 5.75 Å². The Labute approximate surface area is 152 Å². The average molecular weight is 348 g/mol. The van der Waals surface area contributed by atoms with Gasteiger partial charge in [-0.1, -0.05) is 35.9 Å². The van der Waals surface area contributed by atoms with Crippen LogP contribution in [-0.4, -0.2) is 29.8 Å². The molecule has 1 heterocycles. The number of para-hydroxylation sites is 1. The Morgan fingerprint density at radius 2 is 1.73 bits per heavy atom. The topological polar surface area (TPSA) is 67.3 Å². The van der Waals surface area contributed by atoms with Gasteiger partial charge in [-0.2, -0.15) is 0 Å². The van der Waals surface area contributed by atoms with E-state index in [9.17, 15) is 4.79 Å². The van der Waals surface area contributed by atoms with Crippen molar-refractivity contribution >= 4 is 23.2 Å². The van der Waals surface area contributed by atoms with Crippen LogP contribution in [0.15, 0.2) is 66.7 Å². The summed E-state index contributed by atoms with van der Waals surface area (Å²) in [5.74, 6) is 1.43. The van der Waals surface area contributed by atoms with Crippen LogP contribution < -0.4 is 15.0 Å². The van der Waals surface area contributed by atoms with Gasteiger partial charge in [-0.25, -0.2) is 0 Å². The van der Waals surface area contributed by atoms with Crippen molar-refractivity contribution in [3.63, 3.8) is 0 Å². The first-order chi connectivity index (χ1) is 12.6. The fraction of sp³-hybridized carbons (Fsp3) is 0.150. The number of carbonyl (C=O) groups is 1. The average Bonchev–Trinajstić information content (AvgIpc) is 2.68. The summed E-state index contributed by atoms with van der Waals surface area (Å²) < 4.78 is 5.45. The van der Waals surface area contributed by atoms with Gasteiger partial charge in [0.25, 0.3) is 5.91 Å². The highest BCUT2D eigenvalue weighted by atomic mass is 16.5. The number of hydrogen-bond donors (Lipinski definition) is 1. The molecule has 0 saturated heterocycles. The summed E-state index contributed by atoms with van der Waals surface area (Å²) in [5.41, 5.74) is 2.14. The molecule has 0 aliphatic rings. The summed E-state index contributed by atoms with van der Waals surface area (Å²) >= 11 is 0. The maximum absolute atomic E-state index is 12.0. The Morgan fingerprint density at radius 3 is 2.38 bits per heavy atom. The first-order valence-electron chi connectivity index (χ1n) is 8.23. The Kier molecular flexibility index (Phi) is 5.43. The third-order valence-electron chi connectivity index (χ3n) is 3.80. The summed E-state index contributed by atoms with van der Waals surface area (Å²) in [7, 11) is 1.91. The summed E-state index contributed by atoms with van der Waals surface area (Å²) in [6, 6.07) is 20.9. The summed E-state index contributed by atoms with van der Waals surface area (Å²) in [5, 5.41) is 10.9. The molecule has 0 radical (unpaired) electrons. The first-order valence-corrected chi connectivity index (χ1v) is 8.23. The van der Waals surface area contributed by atoms with E-state index in [4.69, 9.17) is 4.74 Å². The number of nitrogens with zero attached hydrogens (tertiary/aromatic N) is 3. The van der Waals surface area contributed by atoms with E-state index in [1.807, 2.05) is 73.5 Å². The Balaban J connectivity index is 1.55. The van der Waals surface area contributed by atoms with Gasteiger partial charge in [0.1, 0.15) is 5.75 Å². The molecule has 0 spiro atoms. The quantitative estimate of drug-likeness (QED) is 0.738. The lowest BCUT2D eigenvalue weighted by Crippen LogP contribution is -2.21. The van der Waals surface area contributed by atoms with Gasteiger partial charge in [0, 0.05) is 12.7 Å². The number of nitrogens with one attached hydrogen (secondary N) is 1. The van der Waals surface area contributed by atoms with Gasteiger partial charge in [0.05, 0.1) is 0 Å². The first kappa shape index (κ1) is 17.4. The largest absolute Gasteiger partial charge is 0.484 e. The Bertz CT molecular complexity index is 849. The van der Waals surface area contributed by atoms with Crippen LogP contribution in [0, 0.1) is 6.92 Å². The van der Waals surface area contributed by atoms with E-state index in [0.29, 0.717) is 17.4 Å². The zero-order valence-electron chi connectivity index (χ0n) is 14.7. The molecule has 6 nitrogen and oxygen atoms in total. The van der Waals surface area contributed by atoms with Crippen LogP contribution in [-0.2, 0) is 4.79 Å². The fourth-order valence-corrected chi connectivity index (χ4v) is 2.32. The number of carbonyl (C=O) groups excluding carboxylic acids is 1. The molecule has 0 bridgehead atoms. The van der Waals surface area contributed by atoms with Crippen molar-refractivity contribution in [2.45, 2.75) is 6.92 Å². The van der Waals surface area contributed by atoms with E-state index >= 15 is 0 Å². The van der Waals surface area contributed by atoms with E-state index in [2.05, 4.69) is 15.5 Å². The van der Waals surface area contributed by atoms with Crippen LogP contribution in [0.25, 0.3) is 0 Å². The van der Waals surface area contributed by atoms with Gasteiger partial charge in [-0.3, -0.25) is 4.79 Å². The molecule has 2 aromatic carbocycles. The third-order valence-corrected chi connectivity index (χ3v) is 3.80. The zero-order valence-corrected chi connectivity index (χ0v) is 14.7. The molecule has 0 fully saturated rings. The van der Waals surface area contributed by atoms with Crippen molar-refractivity contribution in [1.82, 2.24) is 10.2 Å². The van der Waals surface area contributed by atoms with Crippen LogP contribution in [0.3, 0.4) is 0 Å². The maximum Gasteiger partial charge on any atom is 0.263 e. The maximum atomic E-state index is 12.0. The van der Waals surface area contributed by atoms with Crippen molar-refractivity contribution < 1.29 is 9.53 Å². The van der Waals surface area contributed by atoms with Crippen molar-refractivity contribution in [3.05, 3.63) is 72.3 Å². The molecule has 1 amide bonds. The van der Waals surface area contributed by atoms with Gasteiger partial charge < -0.3 is 15.0 Å². The summed E-state index contributed by atoms with van der Waals surface area (Å²) in [6.45, 7) is 1.91. The van der Waals surface area contributed by atoms with Crippen molar-refractivity contribution in [1.29, 1.82) is 0 Å². The molecule has 6 heteroatoms. The molecule has 0 unspecified atom stereocenters. The van der Waals surface area contributed by atoms with Crippen LogP contribution in [0.4, 0.5) is 17.3 Å². The van der Waals surface area contributed by atoms with E-state index in [1.165, 1.54) is 0 Å². The van der Waals surface area contributed by atoms with E-state index in [1.54, 1.807) is 12.1 Å². The number of benzene rings is 2. The molecule has 3 aromatic rings. The van der Waals surface area contributed by atoms with Crippen molar-refractivity contribution in [2.75, 3.05) is 23.9 Å². The highest BCUT2D eigenvalue weighted by Gasteiger charge is 2.08. The van der Waals surface area contributed by atoms with E-state index in [-0.39, 0.29) is 12.5 Å². The number of anilines is 3. The Hall–Kier alpha value is -3.41. The smallest absolute Gasteiger partial charge is 0.263 e. The number of aromatic nitrogens is 2. The molecule has 0 saturated carbocycles. The lowest BCUT2D eigenvalue weighted by Gasteiger charge is -2.17. The van der Waals surface area contributed by atoms with E-state index < -0.39 is 0 Å². The molecular weight excluding hydrogens is 328 g/mol. The Morgan fingerprint density at radius 1 is 1.00 bits per heavy atom. The number of ether oxygens (including phenoxy) is 1. The number of rotatable bonds is 6. The SMILES string of the molecule is Cc1ccc(OCC(=O)Nc2ccc(N(C)c3ccccc3)nn2)cc1. The van der Waals surface area contributed by atoms with Gasteiger partial charge in [-0.05, 0) is 43.3 Å². The molecule has 0 atom stereocenters. The summed E-state index contributed by atoms with van der Waals surface area (Å²) in [6.07, 6.45) is 0. The predicted molar refractivity (Wildman–Crippen MR) is 102 cm³/mol. The second kappa shape index (κ2) is 8.11. The standard InChI is InChI=1S/C20H20N4O2/c1-15-8-10-17(11-9-15)26-14-20(25)21-18-12-13-19(23-22-18)24(2)16-6-4-3-5-7-16/h3-13H,14H2,1-2H3,(H,21,22,25). The van der Waals surface area contributed by atoms with E-state index in [0.717, 1.165) is 11.3 Å².